The zero-order valence-corrected chi connectivity index (χ0v) is 19.6. The van der Waals surface area contributed by atoms with Crippen LogP contribution in [0.5, 0.6) is 0 Å². The fourth-order valence-electron chi connectivity index (χ4n) is 3.97. The molecular weight excluding hydrogens is 448 g/mol. The molecule has 10 heteroatoms. The number of rotatable bonds is 5. The Labute approximate surface area is 191 Å². The van der Waals surface area contributed by atoms with Gasteiger partial charge in [0.25, 0.3) is 10.8 Å². The topological polar surface area (TPSA) is 92.2 Å². The number of thiophene rings is 1. The molecule has 0 bridgehead atoms. The number of hydrogen-bond acceptors (Lipinski definition) is 8. The number of hydrogen-bond donors (Lipinski definition) is 0. The van der Waals surface area contributed by atoms with Gasteiger partial charge in [-0.3, -0.25) is 13.9 Å². The highest BCUT2D eigenvalue weighted by atomic mass is 32.2. The highest BCUT2D eigenvalue weighted by molar-refractivity contribution is 7.98. The highest BCUT2D eigenvalue weighted by Crippen LogP contribution is 2.37. The maximum atomic E-state index is 13.6. The third-order valence-corrected chi connectivity index (χ3v) is 7.28. The van der Waals surface area contributed by atoms with Crippen LogP contribution in [0.1, 0.15) is 35.7 Å². The Kier molecular flexibility index (Phi) is 5.31. The number of ether oxygens (including phenoxy) is 1. The molecule has 1 aliphatic rings. The van der Waals surface area contributed by atoms with Crippen LogP contribution in [0.2, 0.25) is 0 Å². The van der Waals surface area contributed by atoms with Crippen molar-refractivity contribution < 1.29 is 9.15 Å². The molecule has 0 N–H and O–H groups in total. The third-order valence-electron chi connectivity index (χ3n) is 5.53. The lowest BCUT2D eigenvalue weighted by molar-refractivity contribution is -0.0379. The van der Waals surface area contributed by atoms with Crippen LogP contribution >= 0.6 is 23.1 Å². The second-order valence-electron chi connectivity index (χ2n) is 8.32. The van der Waals surface area contributed by atoms with Crippen molar-refractivity contribution in [3.63, 3.8) is 0 Å². The summed E-state index contributed by atoms with van der Waals surface area (Å²) in [6.45, 7) is 4.75. The van der Waals surface area contributed by atoms with E-state index in [4.69, 9.17) is 9.15 Å². The Bertz CT molecular complexity index is 1420. The molecule has 8 nitrogen and oxygen atoms in total. The van der Waals surface area contributed by atoms with Gasteiger partial charge in [-0.2, -0.15) is 0 Å². The van der Waals surface area contributed by atoms with E-state index in [1.807, 2.05) is 50.4 Å². The van der Waals surface area contributed by atoms with E-state index in [2.05, 4.69) is 10.2 Å². The first kappa shape index (κ1) is 21.2. The summed E-state index contributed by atoms with van der Waals surface area (Å²) in [5.74, 6) is 0.229. The Balaban J connectivity index is 1.74. The summed E-state index contributed by atoms with van der Waals surface area (Å²) < 4.78 is 14.4. The average Bonchev–Trinajstić information content (AvgIpc) is 3.38. The second kappa shape index (κ2) is 8.02. The molecule has 0 saturated heterocycles. The van der Waals surface area contributed by atoms with Crippen LogP contribution in [-0.2, 0) is 30.9 Å². The molecule has 0 fully saturated rings. The quantitative estimate of drug-likeness (QED) is 0.413. The van der Waals surface area contributed by atoms with Crippen LogP contribution in [0.3, 0.4) is 0 Å². The predicted octanol–water partition coefficient (Wildman–Crippen LogP) is 3.28. The van der Waals surface area contributed by atoms with Gasteiger partial charge < -0.3 is 9.15 Å². The van der Waals surface area contributed by atoms with Gasteiger partial charge in [0.15, 0.2) is 0 Å². The number of thioether (sulfide) groups is 1. The molecule has 1 aromatic carbocycles. The predicted molar refractivity (Wildman–Crippen MR) is 124 cm³/mol. The SMILES string of the molecule is CSc1nnc(Cn2c(=O)c3c4c(sc3n(Cc3ccccc3)c2=O)COC(C)(C)C4)o1. The van der Waals surface area contributed by atoms with Crippen LogP contribution in [0.25, 0.3) is 10.2 Å². The number of fused-ring (bicyclic) bond motifs is 3. The molecule has 0 unspecified atom stereocenters. The third kappa shape index (κ3) is 3.72. The van der Waals surface area contributed by atoms with E-state index in [9.17, 15) is 9.59 Å². The van der Waals surface area contributed by atoms with E-state index in [0.29, 0.717) is 35.0 Å². The molecule has 0 radical (unpaired) electrons. The van der Waals surface area contributed by atoms with E-state index in [1.54, 1.807) is 4.57 Å². The summed E-state index contributed by atoms with van der Waals surface area (Å²) in [7, 11) is 0. The van der Waals surface area contributed by atoms with E-state index in [0.717, 1.165) is 16.0 Å². The summed E-state index contributed by atoms with van der Waals surface area (Å²) >= 11 is 2.78. The van der Waals surface area contributed by atoms with Gasteiger partial charge in [0.1, 0.15) is 11.4 Å². The molecule has 0 atom stereocenters. The molecule has 0 aliphatic carbocycles. The number of aromatic nitrogens is 4. The lowest BCUT2D eigenvalue weighted by atomic mass is 9.94. The Morgan fingerprint density at radius 2 is 1.91 bits per heavy atom. The second-order valence-corrected chi connectivity index (χ2v) is 10.2. The van der Waals surface area contributed by atoms with Gasteiger partial charge in [0.2, 0.25) is 5.89 Å². The smallest absolute Gasteiger partial charge is 0.332 e. The fourth-order valence-corrected chi connectivity index (χ4v) is 5.48. The molecule has 3 aromatic heterocycles. The monoisotopic (exact) mass is 470 g/mol. The first-order valence-electron chi connectivity index (χ1n) is 10.2. The summed E-state index contributed by atoms with van der Waals surface area (Å²) in [4.78, 5) is 28.8. The standard InChI is InChI=1S/C22H22N4O4S2/c1-22(2)9-14-15(12-29-22)32-19-17(14)18(27)25(11-16-23-24-20(30-16)31-3)21(28)26(19)10-13-7-5-4-6-8-13/h4-8H,9-12H2,1-3H3. The van der Waals surface area contributed by atoms with Gasteiger partial charge in [-0.1, -0.05) is 42.1 Å². The lowest BCUT2D eigenvalue weighted by Crippen LogP contribution is -2.41. The molecule has 0 saturated carbocycles. The van der Waals surface area contributed by atoms with Gasteiger partial charge in [0.05, 0.1) is 24.1 Å². The Morgan fingerprint density at radius 3 is 2.62 bits per heavy atom. The number of nitrogens with zero attached hydrogens (tertiary/aromatic N) is 4. The van der Waals surface area contributed by atoms with Gasteiger partial charge in [-0.15, -0.1) is 21.5 Å². The van der Waals surface area contributed by atoms with E-state index >= 15 is 0 Å². The molecule has 1 aliphatic heterocycles. The molecule has 0 spiro atoms. The molecular formula is C22H22N4O4S2. The molecule has 4 aromatic rings. The van der Waals surface area contributed by atoms with Crippen LogP contribution in [0.15, 0.2) is 49.6 Å². The molecule has 32 heavy (non-hydrogen) atoms. The summed E-state index contributed by atoms with van der Waals surface area (Å²) in [6, 6.07) is 9.74. The van der Waals surface area contributed by atoms with Crippen molar-refractivity contribution in [3.05, 3.63) is 73.1 Å². The molecule has 4 heterocycles. The van der Waals surface area contributed by atoms with Crippen LogP contribution in [0, 0.1) is 0 Å². The van der Waals surface area contributed by atoms with Crippen molar-refractivity contribution in [2.24, 2.45) is 0 Å². The largest absolute Gasteiger partial charge is 0.414 e. The number of benzene rings is 1. The zero-order valence-electron chi connectivity index (χ0n) is 18.0. The maximum Gasteiger partial charge on any atom is 0.332 e. The fraction of sp³-hybridized carbons (Fsp3) is 0.364. The minimum atomic E-state index is -0.394. The summed E-state index contributed by atoms with van der Waals surface area (Å²) in [5, 5.41) is 8.90. The molecule has 5 rings (SSSR count). The van der Waals surface area contributed by atoms with Crippen molar-refractivity contribution in [1.29, 1.82) is 0 Å². The van der Waals surface area contributed by atoms with Crippen LogP contribution < -0.4 is 11.2 Å². The maximum absolute atomic E-state index is 13.6. The summed E-state index contributed by atoms with van der Waals surface area (Å²) in [5.41, 5.74) is 0.851. The minimum absolute atomic E-state index is 0.0690. The van der Waals surface area contributed by atoms with Crippen molar-refractivity contribution in [1.82, 2.24) is 19.3 Å². The van der Waals surface area contributed by atoms with E-state index in [1.165, 1.54) is 27.7 Å². The molecule has 166 valence electrons. The van der Waals surface area contributed by atoms with Gasteiger partial charge >= 0.3 is 5.69 Å². The van der Waals surface area contributed by atoms with Crippen LogP contribution in [0.4, 0.5) is 0 Å². The first-order valence-corrected chi connectivity index (χ1v) is 12.2. The van der Waals surface area contributed by atoms with Gasteiger partial charge in [-0.25, -0.2) is 4.79 Å². The molecule has 0 amide bonds. The Morgan fingerprint density at radius 1 is 1.12 bits per heavy atom. The highest BCUT2D eigenvalue weighted by Gasteiger charge is 2.32. The lowest BCUT2D eigenvalue weighted by Gasteiger charge is -2.29. The zero-order chi connectivity index (χ0) is 22.5. The van der Waals surface area contributed by atoms with Crippen LogP contribution in [-0.4, -0.2) is 31.2 Å². The van der Waals surface area contributed by atoms with Gasteiger partial charge in [-0.05, 0) is 31.2 Å². The first-order chi connectivity index (χ1) is 15.4. The van der Waals surface area contributed by atoms with Crippen molar-refractivity contribution >= 4 is 33.3 Å². The Hall–Kier alpha value is -2.69. The van der Waals surface area contributed by atoms with Crippen molar-refractivity contribution in [2.75, 3.05) is 6.26 Å². The van der Waals surface area contributed by atoms with Crippen molar-refractivity contribution in [2.45, 2.75) is 50.8 Å². The summed E-state index contributed by atoms with van der Waals surface area (Å²) in [6.07, 6.45) is 2.43. The van der Waals surface area contributed by atoms with E-state index < -0.39 is 5.69 Å². The van der Waals surface area contributed by atoms with Crippen molar-refractivity contribution in [3.8, 4) is 0 Å². The minimum Gasteiger partial charge on any atom is -0.414 e. The normalized spacial score (nSPS) is 15.2. The average molecular weight is 471 g/mol. The van der Waals surface area contributed by atoms with Gasteiger partial charge in [0, 0.05) is 11.3 Å². The van der Waals surface area contributed by atoms with E-state index in [-0.39, 0.29) is 23.6 Å².